The molecule has 1 aromatic rings. The maximum absolute atomic E-state index is 12.2. The predicted octanol–water partition coefficient (Wildman–Crippen LogP) is 1.40. The van der Waals surface area contributed by atoms with E-state index in [0.717, 1.165) is 32.4 Å². The highest BCUT2D eigenvalue weighted by atomic mass is 32.2. The van der Waals surface area contributed by atoms with E-state index in [0.29, 0.717) is 11.0 Å². The third-order valence-corrected chi connectivity index (χ3v) is 5.82. The molecule has 5 nitrogen and oxygen atoms in total. The zero-order chi connectivity index (χ0) is 14.7. The summed E-state index contributed by atoms with van der Waals surface area (Å²) in [6, 6.07) is 0.156. The zero-order valence-corrected chi connectivity index (χ0v) is 13.4. The Morgan fingerprint density at radius 1 is 1.48 bits per heavy atom. The first-order valence-corrected chi connectivity index (χ1v) is 8.91. The lowest BCUT2D eigenvalue weighted by Gasteiger charge is -2.25. The van der Waals surface area contributed by atoms with Gasteiger partial charge in [-0.2, -0.15) is 5.10 Å². The van der Waals surface area contributed by atoms with Crippen LogP contribution in [-0.4, -0.2) is 39.8 Å². The summed E-state index contributed by atoms with van der Waals surface area (Å²) in [5.41, 5.74) is 2.49. The smallest absolute Gasteiger partial charge is 0.230 e. The summed E-state index contributed by atoms with van der Waals surface area (Å²) in [5.74, 6) is 0.747. The number of nitrogens with zero attached hydrogens (tertiary/aromatic N) is 2. The minimum Gasteiger partial charge on any atom is -0.348 e. The van der Waals surface area contributed by atoms with Crippen molar-refractivity contribution in [1.82, 2.24) is 20.4 Å². The van der Waals surface area contributed by atoms with E-state index < -0.39 is 0 Å². The van der Waals surface area contributed by atoms with Crippen LogP contribution in [0.4, 0.5) is 0 Å². The Bertz CT molecular complexity index is 496. The Balaban J connectivity index is 1.51. The molecule has 1 fully saturated rings. The summed E-state index contributed by atoms with van der Waals surface area (Å²) in [6.45, 7) is 2.17. The fourth-order valence-corrected chi connectivity index (χ4v) is 4.29. The van der Waals surface area contributed by atoms with Crippen LogP contribution in [0, 0.1) is 0 Å². The molecule has 3 rings (SSSR count). The van der Waals surface area contributed by atoms with Gasteiger partial charge < -0.3 is 10.6 Å². The lowest BCUT2D eigenvalue weighted by atomic mass is 9.93. The number of nitrogens with one attached hydrogen (secondary N) is 2. The summed E-state index contributed by atoms with van der Waals surface area (Å²) < 4.78 is 1.94. The fraction of sp³-hybridized carbons (Fsp3) is 0.733. The second kappa shape index (κ2) is 6.83. The molecule has 1 unspecified atom stereocenters. The average molecular weight is 308 g/mol. The number of piperidine rings is 1. The normalized spacial score (nSPS) is 22.8. The van der Waals surface area contributed by atoms with Gasteiger partial charge in [0.15, 0.2) is 0 Å². The van der Waals surface area contributed by atoms with Crippen LogP contribution in [0.2, 0.25) is 0 Å². The molecule has 0 bridgehead atoms. The lowest BCUT2D eigenvalue weighted by Crippen LogP contribution is -2.34. The van der Waals surface area contributed by atoms with Gasteiger partial charge >= 0.3 is 0 Å². The molecule has 2 N–H and O–H groups in total. The Morgan fingerprint density at radius 3 is 3.10 bits per heavy atom. The zero-order valence-electron chi connectivity index (χ0n) is 12.6. The van der Waals surface area contributed by atoms with Crippen LogP contribution in [0.15, 0.2) is 6.20 Å². The van der Waals surface area contributed by atoms with Crippen molar-refractivity contribution < 1.29 is 4.79 Å². The van der Waals surface area contributed by atoms with Gasteiger partial charge in [0.1, 0.15) is 0 Å². The number of fused-ring (bicyclic) bond motifs is 1. The number of thioether (sulfide) groups is 1. The molecule has 1 atom stereocenters. The first-order chi connectivity index (χ1) is 10.2. The highest BCUT2D eigenvalue weighted by molar-refractivity contribution is 8.00. The molecular formula is C15H24N4OS. The summed E-state index contributed by atoms with van der Waals surface area (Å²) in [5, 5.41) is 11.5. The SMILES string of the molecule is Cn1ncc2c1CCCC2NC(=O)CSC1CCNCC1. The molecule has 2 heterocycles. The maximum Gasteiger partial charge on any atom is 0.230 e. The Morgan fingerprint density at radius 2 is 2.29 bits per heavy atom. The van der Waals surface area contributed by atoms with E-state index in [1.54, 1.807) is 0 Å². The Kier molecular flexibility index (Phi) is 4.85. The average Bonchev–Trinajstić information content (AvgIpc) is 2.89. The van der Waals surface area contributed by atoms with Gasteiger partial charge in [-0.05, 0) is 45.2 Å². The van der Waals surface area contributed by atoms with Crippen molar-refractivity contribution in [3.63, 3.8) is 0 Å². The van der Waals surface area contributed by atoms with Crippen molar-refractivity contribution >= 4 is 17.7 Å². The van der Waals surface area contributed by atoms with Crippen LogP contribution in [0.25, 0.3) is 0 Å². The minimum atomic E-state index is 0.156. The monoisotopic (exact) mass is 308 g/mol. The van der Waals surface area contributed by atoms with Gasteiger partial charge in [0, 0.05) is 23.6 Å². The number of carbonyl (C=O) groups is 1. The molecule has 6 heteroatoms. The van der Waals surface area contributed by atoms with E-state index in [4.69, 9.17) is 0 Å². The molecule has 0 saturated carbocycles. The number of aryl methyl sites for hydroxylation is 1. The van der Waals surface area contributed by atoms with Gasteiger partial charge in [0.25, 0.3) is 0 Å². The Labute approximate surface area is 130 Å². The molecule has 0 aromatic carbocycles. The van der Waals surface area contributed by atoms with Crippen LogP contribution < -0.4 is 10.6 Å². The van der Waals surface area contributed by atoms with Crippen LogP contribution in [0.5, 0.6) is 0 Å². The van der Waals surface area contributed by atoms with Gasteiger partial charge in [-0.15, -0.1) is 11.8 Å². The maximum atomic E-state index is 12.2. The summed E-state index contributed by atoms with van der Waals surface area (Å²) in [7, 11) is 1.98. The van der Waals surface area contributed by atoms with E-state index in [1.807, 2.05) is 29.7 Å². The van der Waals surface area contributed by atoms with E-state index in [1.165, 1.54) is 24.1 Å². The van der Waals surface area contributed by atoms with Crippen LogP contribution in [0.1, 0.15) is 43.0 Å². The highest BCUT2D eigenvalue weighted by Crippen LogP contribution is 2.29. The highest BCUT2D eigenvalue weighted by Gasteiger charge is 2.25. The van der Waals surface area contributed by atoms with Gasteiger partial charge in [-0.3, -0.25) is 9.48 Å². The molecule has 1 aliphatic heterocycles. The van der Waals surface area contributed by atoms with Crippen LogP contribution in [0.3, 0.4) is 0 Å². The quantitative estimate of drug-likeness (QED) is 0.883. The van der Waals surface area contributed by atoms with Crippen LogP contribution in [-0.2, 0) is 18.3 Å². The molecule has 1 saturated heterocycles. The molecule has 2 aliphatic rings. The topological polar surface area (TPSA) is 59.0 Å². The van der Waals surface area contributed by atoms with E-state index >= 15 is 0 Å². The van der Waals surface area contributed by atoms with Crippen molar-refractivity contribution in [3.8, 4) is 0 Å². The molecule has 1 amide bonds. The van der Waals surface area contributed by atoms with Gasteiger partial charge in [-0.1, -0.05) is 0 Å². The third-order valence-electron chi connectivity index (χ3n) is 4.45. The molecule has 0 spiro atoms. The number of hydrogen-bond acceptors (Lipinski definition) is 4. The second-order valence-electron chi connectivity index (χ2n) is 5.94. The molecular weight excluding hydrogens is 284 g/mol. The number of carbonyl (C=O) groups excluding carboxylic acids is 1. The molecule has 1 aromatic heterocycles. The van der Waals surface area contributed by atoms with E-state index in [2.05, 4.69) is 15.7 Å². The van der Waals surface area contributed by atoms with E-state index in [9.17, 15) is 4.79 Å². The predicted molar refractivity (Wildman–Crippen MR) is 85.4 cm³/mol. The van der Waals surface area contributed by atoms with Crippen molar-refractivity contribution in [2.45, 2.75) is 43.4 Å². The molecule has 0 radical (unpaired) electrons. The summed E-state index contributed by atoms with van der Waals surface area (Å²) >= 11 is 1.81. The first kappa shape index (κ1) is 14.9. The molecule has 21 heavy (non-hydrogen) atoms. The van der Waals surface area contributed by atoms with Crippen LogP contribution >= 0.6 is 11.8 Å². The van der Waals surface area contributed by atoms with E-state index in [-0.39, 0.29) is 11.9 Å². The summed E-state index contributed by atoms with van der Waals surface area (Å²) in [6.07, 6.45) is 7.49. The standard InChI is InChI=1S/C15H24N4OS/c1-19-14-4-2-3-13(12(14)9-17-19)18-15(20)10-21-11-5-7-16-8-6-11/h9,11,13,16H,2-8,10H2,1H3,(H,18,20). The number of rotatable bonds is 4. The van der Waals surface area contributed by atoms with Gasteiger partial charge in [-0.25, -0.2) is 0 Å². The number of aromatic nitrogens is 2. The van der Waals surface area contributed by atoms with Crippen molar-refractivity contribution in [3.05, 3.63) is 17.5 Å². The number of amides is 1. The largest absolute Gasteiger partial charge is 0.348 e. The third kappa shape index (κ3) is 3.61. The second-order valence-corrected chi connectivity index (χ2v) is 7.23. The molecule has 1 aliphatic carbocycles. The van der Waals surface area contributed by atoms with Gasteiger partial charge in [0.2, 0.25) is 5.91 Å². The number of hydrogen-bond donors (Lipinski definition) is 2. The fourth-order valence-electron chi connectivity index (χ4n) is 3.25. The van der Waals surface area contributed by atoms with Crippen molar-refractivity contribution in [2.75, 3.05) is 18.8 Å². The van der Waals surface area contributed by atoms with Crippen molar-refractivity contribution in [2.24, 2.45) is 7.05 Å². The lowest BCUT2D eigenvalue weighted by molar-refractivity contribution is -0.119. The first-order valence-electron chi connectivity index (χ1n) is 7.86. The van der Waals surface area contributed by atoms with Gasteiger partial charge in [0.05, 0.1) is 18.0 Å². The molecule has 116 valence electrons. The van der Waals surface area contributed by atoms with Crippen molar-refractivity contribution in [1.29, 1.82) is 0 Å². The summed E-state index contributed by atoms with van der Waals surface area (Å²) in [4.78, 5) is 12.2. The minimum absolute atomic E-state index is 0.156. The Hall–Kier alpha value is -1.01.